The third kappa shape index (κ3) is 5.57. The first kappa shape index (κ1) is 23.5. The topological polar surface area (TPSA) is 94.8 Å². The fourth-order valence-corrected chi connectivity index (χ4v) is 5.54. The molecule has 0 aliphatic rings. The molecule has 0 N–H and O–H groups in total. The van der Waals surface area contributed by atoms with Crippen molar-refractivity contribution in [2.75, 3.05) is 24.9 Å². The van der Waals surface area contributed by atoms with Crippen molar-refractivity contribution in [1.29, 1.82) is 0 Å². The molecule has 1 heterocycles. The number of esters is 1. The molecule has 1 aromatic heterocycles. The van der Waals surface area contributed by atoms with Crippen molar-refractivity contribution in [3.63, 3.8) is 0 Å². The Hall–Kier alpha value is -2.14. The first-order valence-electron chi connectivity index (χ1n) is 9.01. The van der Waals surface area contributed by atoms with Crippen LogP contribution >= 0.6 is 34.7 Å². The monoisotopic (exact) mass is 498 g/mol. The van der Waals surface area contributed by atoms with Crippen LogP contribution in [-0.4, -0.2) is 49.7 Å². The molecule has 0 saturated heterocycles. The van der Waals surface area contributed by atoms with Gasteiger partial charge in [0.05, 0.1) is 27.8 Å². The van der Waals surface area contributed by atoms with Crippen molar-refractivity contribution >= 4 is 66.6 Å². The Morgan fingerprint density at radius 2 is 1.90 bits per heavy atom. The quantitative estimate of drug-likeness (QED) is 0.463. The number of benzene rings is 2. The second-order valence-electron chi connectivity index (χ2n) is 6.42. The standard InChI is InChI=1S/C20H19ClN2O5S3/c1-28-19(25)13-3-8-16-17(11-13)30-20(23(16)9-10-29-2)22-18(24)12-31(26,27)15-6-4-14(21)5-7-15/h3-8,11H,9-10,12H2,1-2H3. The fraction of sp³-hybridized carbons (Fsp3) is 0.250. The summed E-state index contributed by atoms with van der Waals surface area (Å²) in [5.41, 5.74) is 1.19. The molecule has 0 atom stereocenters. The summed E-state index contributed by atoms with van der Waals surface area (Å²) in [6.07, 6.45) is 1.96. The van der Waals surface area contributed by atoms with Crippen LogP contribution in [0.4, 0.5) is 0 Å². The number of ether oxygens (including phenoxy) is 1. The number of aromatic nitrogens is 1. The normalized spacial score (nSPS) is 12.3. The number of aryl methyl sites for hydroxylation is 1. The number of hydrogen-bond donors (Lipinski definition) is 0. The van der Waals surface area contributed by atoms with E-state index in [1.54, 1.807) is 30.0 Å². The van der Waals surface area contributed by atoms with Crippen molar-refractivity contribution < 1.29 is 22.7 Å². The van der Waals surface area contributed by atoms with E-state index in [9.17, 15) is 18.0 Å². The van der Waals surface area contributed by atoms with E-state index in [0.717, 1.165) is 16.0 Å². The van der Waals surface area contributed by atoms with Crippen LogP contribution in [0.3, 0.4) is 0 Å². The van der Waals surface area contributed by atoms with Crippen LogP contribution in [0.1, 0.15) is 10.4 Å². The summed E-state index contributed by atoms with van der Waals surface area (Å²) < 4.78 is 32.4. The molecule has 0 aliphatic heterocycles. The van der Waals surface area contributed by atoms with Gasteiger partial charge in [-0.05, 0) is 48.7 Å². The Bertz CT molecular complexity index is 1290. The molecule has 7 nitrogen and oxygen atoms in total. The summed E-state index contributed by atoms with van der Waals surface area (Å²) in [4.78, 5) is 28.8. The predicted molar refractivity (Wildman–Crippen MR) is 124 cm³/mol. The number of thiazole rings is 1. The van der Waals surface area contributed by atoms with E-state index in [0.29, 0.717) is 21.9 Å². The maximum absolute atomic E-state index is 12.5. The second kappa shape index (κ2) is 9.99. The van der Waals surface area contributed by atoms with Gasteiger partial charge in [-0.2, -0.15) is 16.8 Å². The van der Waals surface area contributed by atoms with Crippen molar-refractivity contribution in [3.8, 4) is 0 Å². The van der Waals surface area contributed by atoms with Gasteiger partial charge in [0, 0.05) is 17.3 Å². The molecule has 0 fully saturated rings. The zero-order valence-corrected chi connectivity index (χ0v) is 19.9. The zero-order valence-electron chi connectivity index (χ0n) is 16.7. The molecule has 0 aliphatic carbocycles. The average molecular weight is 499 g/mol. The summed E-state index contributed by atoms with van der Waals surface area (Å²) in [5.74, 6) is -1.21. The van der Waals surface area contributed by atoms with E-state index in [4.69, 9.17) is 16.3 Å². The molecule has 0 unspecified atom stereocenters. The number of fused-ring (bicyclic) bond motifs is 1. The van der Waals surface area contributed by atoms with Gasteiger partial charge in [0.15, 0.2) is 14.6 Å². The van der Waals surface area contributed by atoms with Crippen LogP contribution < -0.4 is 4.80 Å². The molecule has 31 heavy (non-hydrogen) atoms. The number of thioether (sulfide) groups is 1. The molecule has 0 spiro atoms. The average Bonchev–Trinajstić information content (AvgIpc) is 3.07. The second-order valence-corrected chi connectivity index (χ2v) is 10.8. The number of carbonyl (C=O) groups is 2. The van der Waals surface area contributed by atoms with E-state index in [1.165, 1.54) is 42.7 Å². The maximum Gasteiger partial charge on any atom is 0.337 e. The van der Waals surface area contributed by atoms with Crippen molar-refractivity contribution in [2.24, 2.45) is 4.99 Å². The maximum atomic E-state index is 12.5. The Morgan fingerprint density at radius 1 is 1.19 bits per heavy atom. The number of sulfone groups is 1. The highest BCUT2D eigenvalue weighted by Gasteiger charge is 2.20. The number of carbonyl (C=O) groups excluding carboxylic acids is 2. The lowest BCUT2D eigenvalue weighted by atomic mass is 10.2. The lowest BCUT2D eigenvalue weighted by molar-refractivity contribution is -0.115. The van der Waals surface area contributed by atoms with Gasteiger partial charge >= 0.3 is 5.97 Å². The number of rotatable bonds is 7. The van der Waals surface area contributed by atoms with Crippen LogP contribution in [0.15, 0.2) is 52.4 Å². The van der Waals surface area contributed by atoms with Crippen molar-refractivity contribution in [3.05, 3.63) is 57.9 Å². The van der Waals surface area contributed by atoms with Gasteiger partial charge in [-0.3, -0.25) is 4.79 Å². The molecule has 1 amide bonds. The van der Waals surface area contributed by atoms with E-state index >= 15 is 0 Å². The van der Waals surface area contributed by atoms with Gasteiger partial charge in [-0.1, -0.05) is 22.9 Å². The summed E-state index contributed by atoms with van der Waals surface area (Å²) >= 11 is 8.65. The highest BCUT2D eigenvalue weighted by molar-refractivity contribution is 7.98. The van der Waals surface area contributed by atoms with Crippen LogP contribution in [0.25, 0.3) is 10.2 Å². The Balaban J connectivity index is 1.99. The molecule has 0 bridgehead atoms. The largest absolute Gasteiger partial charge is 0.465 e. The third-order valence-electron chi connectivity index (χ3n) is 4.33. The van der Waals surface area contributed by atoms with Crippen LogP contribution in [0, 0.1) is 0 Å². The lowest BCUT2D eigenvalue weighted by Crippen LogP contribution is -2.21. The first-order chi connectivity index (χ1) is 14.7. The number of halogens is 1. The summed E-state index contributed by atoms with van der Waals surface area (Å²) in [5, 5.41) is 0.404. The van der Waals surface area contributed by atoms with Crippen molar-refractivity contribution in [2.45, 2.75) is 11.4 Å². The Morgan fingerprint density at radius 3 is 2.55 bits per heavy atom. The predicted octanol–water partition coefficient (Wildman–Crippen LogP) is 3.41. The molecule has 2 aromatic carbocycles. The number of methoxy groups -OCH3 is 1. The lowest BCUT2D eigenvalue weighted by Gasteiger charge is -2.05. The van der Waals surface area contributed by atoms with Crippen LogP contribution in [0.2, 0.25) is 5.02 Å². The molecule has 0 saturated carbocycles. The minimum Gasteiger partial charge on any atom is -0.465 e. The molecule has 164 valence electrons. The summed E-state index contributed by atoms with van der Waals surface area (Å²) in [7, 11) is -2.54. The van der Waals surface area contributed by atoms with E-state index in [1.807, 2.05) is 10.8 Å². The first-order valence-corrected chi connectivity index (χ1v) is 13.3. The Kier molecular flexibility index (Phi) is 7.58. The minimum atomic E-state index is -3.85. The molecule has 0 radical (unpaired) electrons. The zero-order chi connectivity index (χ0) is 22.6. The fourth-order valence-electron chi connectivity index (χ4n) is 2.83. The molecule has 3 aromatic rings. The van der Waals surface area contributed by atoms with Gasteiger partial charge < -0.3 is 9.30 Å². The molecule has 3 rings (SSSR count). The smallest absolute Gasteiger partial charge is 0.337 e. The van der Waals surface area contributed by atoms with E-state index in [2.05, 4.69) is 4.99 Å². The number of amides is 1. The molecular weight excluding hydrogens is 480 g/mol. The number of nitrogens with zero attached hydrogens (tertiary/aromatic N) is 2. The van der Waals surface area contributed by atoms with Crippen LogP contribution in [0.5, 0.6) is 0 Å². The van der Waals surface area contributed by atoms with Crippen molar-refractivity contribution in [1.82, 2.24) is 4.57 Å². The van der Waals surface area contributed by atoms with Gasteiger partial charge in [-0.25, -0.2) is 13.2 Å². The summed E-state index contributed by atoms with van der Waals surface area (Å²) in [6.45, 7) is 0.578. The highest BCUT2D eigenvalue weighted by atomic mass is 35.5. The SMILES string of the molecule is COC(=O)c1ccc2c(c1)sc(=NC(=O)CS(=O)(=O)c1ccc(Cl)cc1)n2CCSC. The highest BCUT2D eigenvalue weighted by Crippen LogP contribution is 2.21. The van der Waals surface area contributed by atoms with E-state index in [-0.39, 0.29) is 4.90 Å². The van der Waals surface area contributed by atoms with Gasteiger partial charge in [0.25, 0.3) is 5.91 Å². The van der Waals surface area contributed by atoms with Gasteiger partial charge in [0.1, 0.15) is 5.75 Å². The molecule has 11 heteroatoms. The molecular formula is C20H19ClN2O5S3. The van der Waals surface area contributed by atoms with Gasteiger partial charge in [-0.15, -0.1) is 0 Å². The van der Waals surface area contributed by atoms with Gasteiger partial charge in [0.2, 0.25) is 0 Å². The minimum absolute atomic E-state index is 0.00905. The third-order valence-corrected chi connectivity index (χ3v) is 7.83. The number of hydrogen-bond acceptors (Lipinski definition) is 7. The summed E-state index contributed by atoms with van der Waals surface area (Å²) in [6, 6.07) is 10.7. The van der Waals surface area contributed by atoms with Crippen LogP contribution in [-0.2, 0) is 25.9 Å². The van der Waals surface area contributed by atoms with E-state index < -0.39 is 27.5 Å². The Labute approximate surface area is 192 Å².